The Morgan fingerprint density at radius 2 is 1.96 bits per heavy atom. The minimum absolute atomic E-state index is 0.798. The zero-order valence-electron chi connectivity index (χ0n) is 15.9. The summed E-state index contributed by atoms with van der Waals surface area (Å²) in [5.41, 5.74) is 0. The monoisotopic (exact) mass is 350 g/mol. The summed E-state index contributed by atoms with van der Waals surface area (Å²) >= 11 is 0. The first-order valence-electron chi connectivity index (χ1n) is 9.78. The first-order chi connectivity index (χ1) is 12.3. The van der Waals surface area contributed by atoms with Crippen molar-refractivity contribution in [2.24, 2.45) is 4.99 Å². The third-order valence-corrected chi connectivity index (χ3v) is 4.49. The van der Waals surface area contributed by atoms with E-state index in [2.05, 4.69) is 30.4 Å². The van der Waals surface area contributed by atoms with Gasteiger partial charge in [0.2, 0.25) is 0 Å². The molecule has 0 aliphatic carbocycles. The number of fused-ring (bicyclic) bond motifs is 1. The van der Waals surface area contributed by atoms with Crippen LogP contribution in [0.25, 0.3) is 0 Å². The predicted molar refractivity (Wildman–Crippen MR) is 101 cm³/mol. The summed E-state index contributed by atoms with van der Waals surface area (Å²) < 4.78 is 7.67. The van der Waals surface area contributed by atoms with Crippen LogP contribution in [-0.4, -0.2) is 54.1 Å². The van der Waals surface area contributed by atoms with Crippen molar-refractivity contribution in [3.63, 3.8) is 0 Å². The van der Waals surface area contributed by atoms with Gasteiger partial charge in [0.25, 0.3) is 0 Å². The highest BCUT2D eigenvalue weighted by Crippen LogP contribution is 2.15. The molecule has 1 aromatic rings. The summed E-state index contributed by atoms with van der Waals surface area (Å²) in [5, 5.41) is 15.5. The molecule has 0 saturated carbocycles. The fourth-order valence-electron chi connectivity index (χ4n) is 3.08. The molecule has 142 valence electrons. The summed E-state index contributed by atoms with van der Waals surface area (Å²) in [4.78, 5) is 4.27. The number of hydrogen-bond donors (Lipinski definition) is 2. The van der Waals surface area contributed by atoms with Gasteiger partial charge in [-0.1, -0.05) is 6.42 Å². The number of hydrogen-bond acceptors (Lipinski definition) is 4. The van der Waals surface area contributed by atoms with Gasteiger partial charge in [-0.3, -0.25) is 4.99 Å². The zero-order valence-corrected chi connectivity index (χ0v) is 15.9. The number of nitrogens with one attached hydrogen (secondary N) is 2. The van der Waals surface area contributed by atoms with Gasteiger partial charge < -0.3 is 19.9 Å². The minimum atomic E-state index is 0.798. The Morgan fingerprint density at radius 3 is 2.76 bits per heavy atom. The number of aromatic nitrogens is 3. The number of rotatable bonds is 10. The topological polar surface area (TPSA) is 76.4 Å². The van der Waals surface area contributed by atoms with Crippen LogP contribution >= 0.6 is 0 Å². The van der Waals surface area contributed by atoms with E-state index in [1.54, 1.807) is 0 Å². The molecular weight excluding hydrogens is 316 g/mol. The van der Waals surface area contributed by atoms with Crippen molar-refractivity contribution in [3.8, 4) is 0 Å². The van der Waals surface area contributed by atoms with Gasteiger partial charge in [-0.25, -0.2) is 0 Å². The molecule has 0 spiro atoms. The molecule has 25 heavy (non-hydrogen) atoms. The molecular formula is C18H34N6O. The summed E-state index contributed by atoms with van der Waals surface area (Å²) in [7, 11) is 1.81. The highest BCUT2D eigenvalue weighted by atomic mass is 16.5. The van der Waals surface area contributed by atoms with Crippen molar-refractivity contribution >= 4 is 5.96 Å². The van der Waals surface area contributed by atoms with E-state index in [4.69, 9.17) is 4.74 Å². The van der Waals surface area contributed by atoms with Crippen LogP contribution in [0.1, 0.15) is 57.1 Å². The molecule has 0 unspecified atom stereocenters. The van der Waals surface area contributed by atoms with Crippen molar-refractivity contribution in [1.29, 1.82) is 0 Å². The molecule has 1 aliphatic rings. The summed E-state index contributed by atoms with van der Waals surface area (Å²) in [6, 6.07) is 0. The van der Waals surface area contributed by atoms with Crippen LogP contribution in [0.2, 0.25) is 0 Å². The Kier molecular flexibility index (Phi) is 9.33. The van der Waals surface area contributed by atoms with E-state index in [1.165, 1.54) is 25.1 Å². The maximum Gasteiger partial charge on any atom is 0.190 e. The highest BCUT2D eigenvalue weighted by molar-refractivity contribution is 5.79. The van der Waals surface area contributed by atoms with Crippen molar-refractivity contribution in [2.45, 2.75) is 64.8 Å². The number of unbranched alkanes of at least 4 members (excludes halogenated alkanes) is 1. The summed E-state index contributed by atoms with van der Waals surface area (Å²) in [6.45, 7) is 6.56. The van der Waals surface area contributed by atoms with Crippen molar-refractivity contribution < 1.29 is 4.74 Å². The second-order valence-corrected chi connectivity index (χ2v) is 6.43. The largest absolute Gasteiger partial charge is 0.382 e. The molecule has 7 nitrogen and oxygen atoms in total. The van der Waals surface area contributed by atoms with Gasteiger partial charge in [0.05, 0.1) is 0 Å². The van der Waals surface area contributed by atoms with Crippen LogP contribution in [0.5, 0.6) is 0 Å². The van der Waals surface area contributed by atoms with Crippen LogP contribution < -0.4 is 10.6 Å². The highest BCUT2D eigenvalue weighted by Gasteiger charge is 2.14. The smallest absolute Gasteiger partial charge is 0.190 e. The number of aryl methyl sites for hydroxylation is 2. The van der Waals surface area contributed by atoms with E-state index in [1.807, 2.05) is 14.0 Å². The third-order valence-electron chi connectivity index (χ3n) is 4.49. The number of aliphatic imine (C=N–C) groups is 1. The average Bonchev–Trinajstić information content (AvgIpc) is 2.86. The Labute approximate surface area is 151 Å². The Morgan fingerprint density at radius 1 is 1.12 bits per heavy atom. The summed E-state index contributed by atoms with van der Waals surface area (Å²) in [5.74, 6) is 3.18. The third kappa shape index (κ3) is 7.02. The van der Waals surface area contributed by atoms with Crippen LogP contribution in [0.15, 0.2) is 4.99 Å². The molecule has 0 fully saturated rings. The SMILES string of the molecule is CCOCCCCNC(=NC)NCCCc1nnc2n1CCCCC2. The lowest BCUT2D eigenvalue weighted by molar-refractivity contribution is 0.143. The summed E-state index contributed by atoms with van der Waals surface area (Å²) in [6.07, 6.45) is 9.03. The van der Waals surface area contributed by atoms with Crippen molar-refractivity contribution in [1.82, 2.24) is 25.4 Å². The Hall–Kier alpha value is -1.63. The van der Waals surface area contributed by atoms with Gasteiger partial charge in [-0.15, -0.1) is 10.2 Å². The molecule has 2 N–H and O–H groups in total. The Bertz CT molecular complexity index is 514. The van der Waals surface area contributed by atoms with E-state index < -0.39 is 0 Å². The quantitative estimate of drug-likeness (QED) is 0.383. The molecule has 0 atom stereocenters. The molecule has 0 bridgehead atoms. The van der Waals surface area contributed by atoms with Crippen molar-refractivity contribution in [3.05, 3.63) is 11.6 Å². The lowest BCUT2D eigenvalue weighted by Crippen LogP contribution is -2.38. The molecule has 7 heteroatoms. The molecule has 1 aliphatic heterocycles. The first-order valence-corrected chi connectivity index (χ1v) is 9.78. The van der Waals surface area contributed by atoms with Crippen LogP contribution in [0, 0.1) is 0 Å². The second kappa shape index (κ2) is 11.8. The average molecular weight is 351 g/mol. The standard InChI is InChI=1S/C18H34N6O/c1-3-25-15-8-6-12-20-18(19-2)21-13-9-11-17-23-22-16-10-5-4-7-14-24(16)17/h3-15H2,1-2H3,(H2,19,20,21). The molecule has 0 radical (unpaired) electrons. The van der Waals surface area contributed by atoms with Gasteiger partial charge in [0.15, 0.2) is 5.96 Å². The number of guanidine groups is 1. The lowest BCUT2D eigenvalue weighted by atomic mass is 10.2. The zero-order chi connectivity index (χ0) is 17.7. The fraction of sp³-hybridized carbons (Fsp3) is 0.833. The fourth-order valence-corrected chi connectivity index (χ4v) is 3.08. The van der Waals surface area contributed by atoms with Gasteiger partial charge in [0.1, 0.15) is 11.6 Å². The lowest BCUT2D eigenvalue weighted by Gasteiger charge is -2.12. The van der Waals surface area contributed by atoms with Crippen molar-refractivity contribution in [2.75, 3.05) is 33.4 Å². The van der Waals surface area contributed by atoms with Gasteiger partial charge >= 0.3 is 0 Å². The molecule has 2 heterocycles. The van der Waals surface area contributed by atoms with Crippen LogP contribution in [0.3, 0.4) is 0 Å². The molecule has 1 aromatic heterocycles. The van der Waals surface area contributed by atoms with E-state index >= 15 is 0 Å². The van der Waals surface area contributed by atoms with E-state index in [9.17, 15) is 0 Å². The van der Waals surface area contributed by atoms with E-state index in [-0.39, 0.29) is 0 Å². The molecule has 0 aromatic carbocycles. The maximum absolute atomic E-state index is 5.34. The number of nitrogens with zero attached hydrogens (tertiary/aromatic N) is 4. The molecule has 0 amide bonds. The first kappa shape index (κ1) is 19.7. The minimum Gasteiger partial charge on any atom is -0.382 e. The molecule has 2 rings (SSSR count). The number of ether oxygens (including phenoxy) is 1. The van der Waals surface area contributed by atoms with Gasteiger partial charge in [-0.2, -0.15) is 0 Å². The van der Waals surface area contributed by atoms with Gasteiger partial charge in [-0.05, 0) is 39.0 Å². The normalized spacial score (nSPS) is 14.9. The Balaban J connectivity index is 1.61. The predicted octanol–water partition coefficient (Wildman–Crippen LogP) is 1.92. The molecule has 0 saturated heterocycles. The van der Waals surface area contributed by atoms with E-state index in [0.29, 0.717) is 0 Å². The van der Waals surface area contributed by atoms with Crippen LogP contribution in [0.4, 0.5) is 0 Å². The van der Waals surface area contributed by atoms with Gasteiger partial charge in [0, 0.05) is 52.7 Å². The maximum atomic E-state index is 5.34. The van der Waals surface area contributed by atoms with E-state index in [0.717, 1.165) is 76.7 Å². The van der Waals surface area contributed by atoms with Crippen LogP contribution in [-0.2, 0) is 24.1 Å². The second-order valence-electron chi connectivity index (χ2n) is 6.43.